The molecule has 2 aromatic rings. The van der Waals surface area contributed by atoms with Crippen molar-refractivity contribution in [2.45, 2.75) is 47.9 Å². The standard InChI is InChI=1S/C23H29F3N2O5S2/c1-22(29,23(24,25)26)17-6-8-18(9-7-17)28-11-10-27(35(30,31)21-5-3-13-34-21)14-19(28)15-32-16-20-4-2-12-33-20/h3,5-9,13,19-20,29H,2,4,10-12,14-16H2,1H3/t19-,20?,22?/m1/s1. The van der Waals surface area contributed by atoms with Crippen molar-refractivity contribution in [3.63, 3.8) is 0 Å². The third kappa shape index (κ3) is 5.67. The van der Waals surface area contributed by atoms with Gasteiger partial charge in [-0.3, -0.25) is 0 Å². The summed E-state index contributed by atoms with van der Waals surface area (Å²) in [7, 11) is -3.65. The van der Waals surface area contributed by atoms with Gasteiger partial charge in [0.2, 0.25) is 0 Å². The second-order valence-corrected chi connectivity index (χ2v) is 12.0. The number of thiophene rings is 1. The fraction of sp³-hybridized carbons (Fsp3) is 0.565. The van der Waals surface area contributed by atoms with Crippen molar-refractivity contribution in [2.24, 2.45) is 0 Å². The zero-order valence-corrected chi connectivity index (χ0v) is 20.9. The number of piperazine rings is 1. The maximum absolute atomic E-state index is 13.2. The molecule has 2 fully saturated rings. The Morgan fingerprint density at radius 2 is 1.91 bits per heavy atom. The van der Waals surface area contributed by atoms with Crippen LogP contribution in [0.3, 0.4) is 0 Å². The molecule has 2 unspecified atom stereocenters. The first kappa shape index (κ1) is 26.4. The largest absolute Gasteiger partial charge is 0.421 e. The van der Waals surface area contributed by atoms with Crippen molar-refractivity contribution < 1.29 is 36.2 Å². The van der Waals surface area contributed by atoms with E-state index in [9.17, 15) is 26.7 Å². The van der Waals surface area contributed by atoms with Gasteiger partial charge in [-0.05, 0) is 48.9 Å². The number of hydrogen-bond acceptors (Lipinski definition) is 7. The highest BCUT2D eigenvalue weighted by Crippen LogP contribution is 2.39. The third-order valence-corrected chi connectivity index (χ3v) is 9.72. The highest BCUT2D eigenvalue weighted by molar-refractivity contribution is 7.91. The smallest absolute Gasteiger partial charge is 0.377 e. The zero-order chi connectivity index (χ0) is 25.3. The summed E-state index contributed by atoms with van der Waals surface area (Å²) in [6.45, 7) is 2.79. The van der Waals surface area contributed by atoms with E-state index >= 15 is 0 Å². The average molecular weight is 535 g/mol. The van der Waals surface area contributed by atoms with Gasteiger partial charge in [0.05, 0.1) is 25.4 Å². The van der Waals surface area contributed by atoms with Crippen LogP contribution in [-0.2, 0) is 25.1 Å². The number of ether oxygens (including phenoxy) is 2. The highest BCUT2D eigenvalue weighted by Gasteiger charge is 2.51. The minimum atomic E-state index is -4.81. The third-order valence-electron chi connectivity index (χ3n) is 6.49. The molecule has 0 radical (unpaired) electrons. The molecule has 7 nitrogen and oxygen atoms in total. The van der Waals surface area contributed by atoms with Gasteiger partial charge in [0.1, 0.15) is 4.21 Å². The van der Waals surface area contributed by atoms with E-state index in [0.29, 0.717) is 25.4 Å². The molecule has 0 saturated carbocycles. The first-order chi connectivity index (χ1) is 16.5. The van der Waals surface area contributed by atoms with Gasteiger partial charge in [0, 0.05) is 31.9 Å². The number of nitrogens with zero attached hydrogens (tertiary/aromatic N) is 2. The molecule has 0 aliphatic carbocycles. The number of hydrogen-bond donors (Lipinski definition) is 1. The quantitative estimate of drug-likeness (QED) is 0.558. The molecule has 4 rings (SSSR count). The first-order valence-electron chi connectivity index (χ1n) is 11.4. The number of alkyl halides is 3. The minimum Gasteiger partial charge on any atom is -0.377 e. The molecular weight excluding hydrogens is 505 g/mol. The summed E-state index contributed by atoms with van der Waals surface area (Å²) in [6, 6.07) is 8.45. The zero-order valence-electron chi connectivity index (χ0n) is 19.3. The second kappa shape index (κ2) is 10.3. The van der Waals surface area contributed by atoms with Gasteiger partial charge < -0.3 is 19.5 Å². The molecule has 194 valence electrons. The number of benzene rings is 1. The van der Waals surface area contributed by atoms with E-state index < -0.39 is 21.8 Å². The molecule has 2 saturated heterocycles. The van der Waals surface area contributed by atoms with Crippen molar-refractivity contribution in [2.75, 3.05) is 44.4 Å². The van der Waals surface area contributed by atoms with Crippen LogP contribution < -0.4 is 4.90 Å². The molecule has 12 heteroatoms. The summed E-state index contributed by atoms with van der Waals surface area (Å²) in [5.41, 5.74) is -2.60. The van der Waals surface area contributed by atoms with E-state index in [2.05, 4.69) is 0 Å². The summed E-state index contributed by atoms with van der Waals surface area (Å²) in [5.74, 6) is 0. The molecule has 2 aliphatic heterocycles. The first-order valence-corrected chi connectivity index (χ1v) is 13.7. The average Bonchev–Trinajstić information content (AvgIpc) is 3.53. The molecule has 1 aromatic carbocycles. The van der Waals surface area contributed by atoms with Gasteiger partial charge >= 0.3 is 6.18 Å². The maximum atomic E-state index is 13.2. The van der Waals surface area contributed by atoms with Crippen LogP contribution in [-0.4, -0.2) is 75.6 Å². The summed E-state index contributed by atoms with van der Waals surface area (Å²) in [5, 5.41) is 11.7. The normalized spacial score (nSPS) is 24.0. The molecule has 3 heterocycles. The Kier molecular flexibility index (Phi) is 7.79. The summed E-state index contributed by atoms with van der Waals surface area (Å²) >= 11 is 1.16. The number of sulfonamides is 1. The molecule has 35 heavy (non-hydrogen) atoms. The van der Waals surface area contributed by atoms with E-state index in [1.807, 2.05) is 4.90 Å². The van der Waals surface area contributed by atoms with Gasteiger partial charge in [-0.15, -0.1) is 11.3 Å². The van der Waals surface area contributed by atoms with E-state index in [1.165, 1.54) is 28.6 Å². The molecule has 2 aliphatic rings. The van der Waals surface area contributed by atoms with Crippen LogP contribution in [0.2, 0.25) is 0 Å². The van der Waals surface area contributed by atoms with Crippen molar-refractivity contribution in [3.05, 3.63) is 47.3 Å². The monoisotopic (exact) mass is 534 g/mol. The fourth-order valence-electron chi connectivity index (χ4n) is 4.32. The predicted octanol–water partition coefficient (Wildman–Crippen LogP) is 3.59. The number of halogens is 3. The Hall–Kier alpha value is -1.70. The molecule has 3 atom stereocenters. The van der Waals surface area contributed by atoms with Gasteiger partial charge in [0.25, 0.3) is 10.0 Å². The van der Waals surface area contributed by atoms with Crippen LogP contribution in [0.5, 0.6) is 0 Å². The van der Waals surface area contributed by atoms with Crippen LogP contribution in [0.15, 0.2) is 46.0 Å². The lowest BCUT2D eigenvalue weighted by molar-refractivity contribution is -0.258. The lowest BCUT2D eigenvalue weighted by Gasteiger charge is -2.42. The predicted molar refractivity (Wildman–Crippen MR) is 126 cm³/mol. The van der Waals surface area contributed by atoms with Gasteiger partial charge in [-0.2, -0.15) is 17.5 Å². The number of aliphatic hydroxyl groups is 1. The minimum absolute atomic E-state index is 0.0156. The van der Waals surface area contributed by atoms with Gasteiger partial charge in [-0.25, -0.2) is 8.42 Å². The van der Waals surface area contributed by atoms with Gasteiger partial charge in [0.15, 0.2) is 5.60 Å². The Labute approximate surface area is 207 Å². The summed E-state index contributed by atoms with van der Waals surface area (Å²) in [6.07, 6.45) is -2.91. The Morgan fingerprint density at radius 1 is 1.17 bits per heavy atom. The number of anilines is 1. The molecular formula is C23H29F3N2O5S2. The lowest BCUT2D eigenvalue weighted by Crippen LogP contribution is -2.56. The molecule has 1 aromatic heterocycles. The molecule has 0 bridgehead atoms. The van der Waals surface area contributed by atoms with E-state index in [-0.39, 0.29) is 41.6 Å². The second-order valence-electron chi connectivity index (χ2n) is 8.93. The lowest BCUT2D eigenvalue weighted by atomic mass is 9.95. The molecule has 1 N–H and O–H groups in total. The maximum Gasteiger partial charge on any atom is 0.421 e. The van der Waals surface area contributed by atoms with Crippen LogP contribution in [0.25, 0.3) is 0 Å². The molecule has 0 amide bonds. The van der Waals surface area contributed by atoms with Crippen molar-refractivity contribution >= 4 is 27.0 Å². The topological polar surface area (TPSA) is 79.3 Å². The Morgan fingerprint density at radius 3 is 2.51 bits per heavy atom. The fourth-order valence-corrected chi connectivity index (χ4v) is 6.93. The van der Waals surface area contributed by atoms with Crippen LogP contribution in [0.1, 0.15) is 25.3 Å². The summed E-state index contributed by atoms with van der Waals surface area (Å²) < 4.78 is 79.1. The highest BCUT2D eigenvalue weighted by atomic mass is 32.2. The molecule has 0 spiro atoms. The van der Waals surface area contributed by atoms with Crippen molar-refractivity contribution in [1.29, 1.82) is 0 Å². The Balaban J connectivity index is 1.52. The van der Waals surface area contributed by atoms with Crippen molar-refractivity contribution in [1.82, 2.24) is 4.31 Å². The van der Waals surface area contributed by atoms with Crippen LogP contribution >= 0.6 is 11.3 Å². The van der Waals surface area contributed by atoms with Crippen LogP contribution in [0.4, 0.5) is 18.9 Å². The van der Waals surface area contributed by atoms with Gasteiger partial charge in [-0.1, -0.05) is 18.2 Å². The number of rotatable bonds is 8. The SMILES string of the molecule is CC(O)(c1ccc(N2CCN(S(=O)(=O)c3cccs3)C[C@@H]2COCC2CCCO2)cc1)C(F)(F)F. The van der Waals surface area contributed by atoms with E-state index in [1.54, 1.807) is 17.5 Å². The van der Waals surface area contributed by atoms with Crippen LogP contribution in [0, 0.1) is 0 Å². The summed E-state index contributed by atoms with van der Waals surface area (Å²) in [4.78, 5) is 1.95. The van der Waals surface area contributed by atoms with E-state index in [4.69, 9.17) is 9.47 Å². The Bertz CT molecular complexity index is 1070. The van der Waals surface area contributed by atoms with E-state index in [0.717, 1.165) is 31.1 Å². The van der Waals surface area contributed by atoms with Crippen molar-refractivity contribution in [3.8, 4) is 0 Å².